The highest BCUT2D eigenvalue weighted by Gasteiger charge is 2.10. The van der Waals surface area contributed by atoms with Crippen LogP contribution in [0.5, 0.6) is 0 Å². The van der Waals surface area contributed by atoms with Crippen LogP contribution in [0.25, 0.3) is 0 Å². The van der Waals surface area contributed by atoms with Crippen LogP contribution < -0.4 is 11.1 Å². The summed E-state index contributed by atoms with van der Waals surface area (Å²) in [7, 11) is 0. The SMILES string of the molecule is C=C(Cl)CNC(=O)C(N)CCC. The summed E-state index contributed by atoms with van der Waals surface area (Å²) in [6.07, 6.45) is 1.59. The minimum absolute atomic E-state index is 0.168. The summed E-state index contributed by atoms with van der Waals surface area (Å²) >= 11 is 5.45. The van der Waals surface area contributed by atoms with E-state index in [0.29, 0.717) is 11.5 Å². The molecular weight excluding hydrogens is 176 g/mol. The van der Waals surface area contributed by atoms with E-state index in [4.69, 9.17) is 17.3 Å². The van der Waals surface area contributed by atoms with Gasteiger partial charge >= 0.3 is 0 Å². The lowest BCUT2D eigenvalue weighted by molar-refractivity contribution is -0.122. The molecule has 0 rings (SSSR count). The van der Waals surface area contributed by atoms with E-state index < -0.39 is 6.04 Å². The zero-order valence-electron chi connectivity index (χ0n) is 7.27. The summed E-state index contributed by atoms with van der Waals surface area (Å²) in [6.45, 7) is 5.71. The molecule has 0 aromatic carbocycles. The lowest BCUT2D eigenvalue weighted by atomic mass is 10.2. The number of hydrogen-bond donors (Lipinski definition) is 2. The molecule has 3 N–H and O–H groups in total. The second-order valence-corrected chi connectivity index (χ2v) is 3.16. The van der Waals surface area contributed by atoms with Crippen molar-refractivity contribution in [1.82, 2.24) is 5.32 Å². The first-order valence-electron chi connectivity index (χ1n) is 3.94. The van der Waals surface area contributed by atoms with Gasteiger partial charge in [-0.25, -0.2) is 0 Å². The maximum atomic E-state index is 11.1. The van der Waals surface area contributed by atoms with Crippen molar-refractivity contribution in [2.75, 3.05) is 6.54 Å². The fourth-order valence-corrected chi connectivity index (χ4v) is 0.823. The summed E-state index contributed by atoms with van der Waals surface area (Å²) in [4.78, 5) is 11.1. The average molecular weight is 191 g/mol. The summed E-state index contributed by atoms with van der Waals surface area (Å²) in [5, 5.41) is 2.98. The third-order valence-electron chi connectivity index (χ3n) is 1.39. The molecule has 4 heteroatoms. The molecule has 0 aliphatic heterocycles. The van der Waals surface area contributed by atoms with Crippen molar-refractivity contribution in [1.29, 1.82) is 0 Å². The van der Waals surface area contributed by atoms with Gasteiger partial charge < -0.3 is 11.1 Å². The molecule has 0 aromatic heterocycles. The van der Waals surface area contributed by atoms with Crippen molar-refractivity contribution >= 4 is 17.5 Å². The molecule has 1 atom stereocenters. The Balaban J connectivity index is 3.64. The van der Waals surface area contributed by atoms with Crippen LogP contribution in [-0.2, 0) is 4.79 Å². The van der Waals surface area contributed by atoms with Gasteiger partial charge in [0.25, 0.3) is 0 Å². The van der Waals surface area contributed by atoms with Crippen molar-refractivity contribution in [3.8, 4) is 0 Å². The van der Waals surface area contributed by atoms with Crippen LogP contribution in [0.1, 0.15) is 19.8 Å². The monoisotopic (exact) mass is 190 g/mol. The first-order chi connectivity index (χ1) is 5.57. The van der Waals surface area contributed by atoms with Crippen LogP contribution in [0, 0.1) is 0 Å². The molecule has 0 bridgehead atoms. The molecule has 0 aromatic rings. The molecule has 0 heterocycles. The molecule has 70 valence electrons. The van der Waals surface area contributed by atoms with Crippen LogP contribution in [0.2, 0.25) is 0 Å². The average Bonchev–Trinajstić information content (AvgIpc) is 2.00. The molecule has 0 radical (unpaired) electrons. The highest BCUT2D eigenvalue weighted by atomic mass is 35.5. The Hall–Kier alpha value is -0.540. The molecule has 1 unspecified atom stereocenters. The molecule has 0 saturated carbocycles. The predicted octanol–water partition coefficient (Wildman–Crippen LogP) is 0.982. The van der Waals surface area contributed by atoms with E-state index in [0.717, 1.165) is 6.42 Å². The largest absolute Gasteiger partial charge is 0.350 e. The standard InChI is InChI=1S/C8H15ClN2O/c1-3-4-7(10)8(12)11-5-6(2)9/h7H,2-5,10H2,1H3,(H,11,12). The molecule has 0 aliphatic rings. The van der Waals surface area contributed by atoms with Gasteiger partial charge in [-0.2, -0.15) is 0 Å². The van der Waals surface area contributed by atoms with E-state index in [9.17, 15) is 4.79 Å². The molecular formula is C8H15ClN2O. The highest BCUT2D eigenvalue weighted by molar-refractivity contribution is 6.29. The second kappa shape index (κ2) is 6.03. The van der Waals surface area contributed by atoms with Gasteiger partial charge in [-0.05, 0) is 6.42 Å². The third kappa shape index (κ3) is 5.16. The molecule has 12 heavy (non-hydrogen) atoms. The number of hydrogen-bond acceptors (Lipinski definition) is 2. The third-order valence-corrected chi connectivity index (χ3v) is 1.52. The van der Waals surface area contributed by atoms with Gasteiger partial charge in [0, 0.05) is 5.03 Å². The number of halogens is 1. The van der Waals surface area contributed by atoms with Gasteiger partial charge in [0.05, 0.1) is 12.6 Å². The molecule has 0 spiro atoms. The van der Waals surface area contributed by atoms with Gasteiger partial charge in [0.15, 0.2) is 0 Å². The van der Waals surface area contributed by atoms with Gasteiger partial charge in [-0.3, -0.25) is 4.79 Å². The zero-order valence-corrected chi connectivity index (χ0v) is 8.03. The quantitative estimate of drug-likeness (QED) is 0.679. The van der Waals surface area contributed by atoms with E-state index in [1.54, 1.807) is 0 Å². The first-order valence-corrected chi connectivity index (χ1v) is 4.32. The van der Waals surface area contributed by atoms with E-state index >= 15 is 0 Å². The fourth-order valence-electron chi connectivity index (χ4n) is 0.756. The van der Waals surface area contributed by atoms with E-state index in [2.05, 4.69) is 11.9 Å². The summed E-state index contributed by atoms with van der Waals surface area (Å²) in [5.74, 6) is -0.168. The lowest BCUT2D eigenvalue weighted by Crippen LogP contribution is -2.40. The molecule has 0 saturated heterocycles. The maximum Gasteiger partial charge on any atom is 0.237 e. The van der Waals surface area contributed by atoms with E-state index in [1.165, 1.54) is 0 Å². The Labute approximate surface area is 78.0 Å². The Morgan fingerprint density at radius 2 is 2.33 bits per heavy atom. The van der Waals surface area contributed by atoms with Crippen LogP contribution in [0.4, 0.5) is 0 Å². The second-order valence-electron chi connectivity index (χ2n) is 2.63. The Morgan fingerprint density at radius 3 is 2.75 bits per heavy atom. The zero-order chi connectivity index (χ0) is 9.56. The normalized spacial score (nSPS) is 12.2. The van der Waals surface area contributed by atoms with Gasteiger partial charge in [-0.1, -0.05) is 31.5 Å². The van der Waals surface area contributed by atoms with Crippen molar-refractivity contribution in [2.24, 2.45) is 5.73 Å². The Bertz CT molecular complexity index is 170. The number of carbonyl (C=O) groups excluding carboxylic acids is 1. The number of nitrogens with two attached hydrogens (primary N) is 1. The van der Waals surface area contributed by atoms with Gasteiger partial charge in [0.2, 0.25) is 5.91 Å². The van der Waals surface area contributed by atoms with Crippen molar-refractivity contribution in [2.45, 2.75) is 25.8 Å². The minimum atomic E-state index is -0.425. The fraction of sp³-hybridized carbons (Fsp3) is 0.625. The predicted molar refractivity (Wildman–Crippen MR) is 50.9 cm³/mol. The Morgan fingerprint density at radius 1 is 1.75 bits per heavy atom. The van der Waals surface area contributed by atoms with Crippen LogP contribution in [-0.4, -0.2) is 18.5 Å². The molecule has 0 fully saturated rings. The number of amides is 1. The van der Waals surface area contributed by atoms with Crippen LogP contribution in [0.3, 0.4) is 0 Å². The lowest BCUT2D eigenvalue weighted by Gasteiger charge is -2.09. The number of rotatable bonds is 5. The van der Waals surface area contributed by atoms with Crippen LogP contribution in [0.15, 0.2) is 11.6 Å². The smallest absolute Gasteiger partial charge is 0.237 e. The first kappa shape index (κ1) is 11.5. The topological polar surface area (TPSA) is 55.1 Å². The van der Waals surface area contributed by atoms with E-state index in [1.807, 2.05) is 6.92 Å². The summed E-state index contributed by atoms with van der Waals surface area (Å²) in [5.41, 5.74) is 5.53. The Kier molecular flexibility index (Phi) is 5.76. The van der Waals surface area contributed by atoms with Crippen molar-refractivity contribution < 1.29 is 4.79 Å². The summed E-state index contributed by atoms with van der Waals surface area (Å²) in [6, 6.07) is -0.425. The van der Waals surface area contributed by atoms with Gasteiger partial charge in [-0.15, -0.1) is 0 Å². The molecule has 3 nitrogen and oxygen atoms in total. The van der Waals surface area contributed by atoms with Crippen LogP contribution >= 0.6 is 11.6 Å². The maximum absolute atomic E-state index is 11.1. The highest BCUT2D eigenvalue weighted by Crippen LogP contribution is 1.95. The number of carbonyl (C=O) groups is 1. The van der Waals surface area contributed by atoms with Gasteiger partial charge in [0.1, 0.15) is 0 Å². The molecule has 1 amide bonds. The summed E-state index contributed by atoms with van der Waals surface area (Å²) < 4.78 is 0. The van der Waals surface area contributed by atoms with Crippen molar-refractivity contribution in [3.63, 3.8) is 0 Å². The van der Waals surface area contributed by atoms with E-state index in [-0.39, 0.29) is 12.5 Å². The molecule has 0 aliphatic carbocycles. The number of nitrogens with one attached hydrogen (secondary N) is 1. The van der Waals surface area contributed by atoms with Crippen molar-refractivity contribution in [3.05, 3.63) is 11.6 Å². The minimum Gasteiger partial charge on any atom is -0.350 e.